The van der Waals surface area contributed by atoms with Crippen molar-refractivity contribution < 1.29 is 9.53 Å². The van der Waals surface area contributed by atoms with Crippen LogP contribution in [0.2, 0.25) is 5.02 Å². The molecule has 172 valence electrons. The van der Waals surface area contributed by atoms with Gasteiger partial charge >= 0.3 is 0 Å². The molecule has 0 fully saturated rings. The molecule has 1 amide bonds. The third-order valence-electron chi connectivity index (χ3n) is 4.76. The summed E-state index contributed by atoms with van der Waals surface area (Å²) in [5, 5.41) is 5.46. The maximum absolute atomic E-state index is 13.2. The molecule has 4 rings (SSSR count). The summed E-state index contributed by atoms with van der Waals surface area (Å²) in [6, 6.07) is 21.4. The van der Waals surface area contributed by atoms with E-state index in [1.807, 2.05) is 37.3 Å². The van der Waals surface area contributed by atoms with E-state index in [1.165, 1.54) is 4.57 Å². The van der Waals surface area contributed by atoms with E-state index in [1.54, 1.807) is 48.7 Å². The van der Waals surface area contributed by atoms with E-state index in [0.717, 1.165) is 23.1 Å². The maximum atomic E-state index is 13.2. The van der Waals surface area contributed by atoms with Crippen molar-refractivity contribution in [2.75, 3.05) is 12.4 Å². The van der Waals surface area contributed by atoms with E-state index >= 15 is 0 Å². The summed E-state index contributed by atoms with van der Waals surface area (Å²) in [4.78, 5) is 30.2. The molecule has 0 saturated heterocycles. The average molecular weight is 493 g/mol. The van der Waals surface area contributed by atoms with E-state index in [2.05, 4.69) is 15.5 Å². The lowest BCUT2D eigenvalue weighted by Gasteiger charge is -2.13. The molecule has 1 N–H and O–H groups in total. The summed E-state index contributed by atoms with van der Waals surface area (Å²) in [6.45, 7) is 2.52. The Balaban J connectivity index is 1.50. The maximum Gasteiger partial charge on any atom is 0.266 e. The third kappa shape index (κ3) is 5.65. The lowest BCUT2D eigenvalue weighted by Crippen LogP contribution is -2.24. The number of carbonyl (C=O) groups is 1. The van der Waals surface area contributed by atoms with Gasteiger partial charge in [-0.05, 0) is 73.2 Å². The van der Waals surface area contributed by atoms with Crippen LogP contribution >= 0.6 is 23.4 Å². The normalized spacial score (nSPS) is 11.1. The number of amides is 1. The van der Waals surface area contributed by atoms with Crippen LogP contribution < -0.4 is 15.7 Å². The van der Waals surface area contributed by atoms with Gasteiger partial charge in [0.1, 0.15) is 5.75 Å². The lowest BCUT2D eigenvalue weighted by atomic mass is 10.2. The first-order valence-electron chi connectivity index (χ1n) is 10.5. The highest BCUT2D eigenvalue weighted by atomic mass is 35.5. The SMILES string of the molecule is CCOc1ccc(C=NNC(=O)CSc2nc3ccccc3c(=O)n2-c2ccc(Cl)cc2)cc1. The van der Waals surface area contributed by atoms with E-state index in [-0.39, 0.29) is 17.2 Å². The molecule has 0 radical (unpaired) electrons. The highest BCUT2D eigenvalue weighted by molar-refractivity contribution is 7.99. The van der Waals surface area contributed by atoms with Gasteiger partial charge in [0.05, 0.1) is 35.2 Å². The van der Waals surface area contributed by atoms with Gasteiger partial charge in [0, 0.05) is 5.02 Å². The Morgan fingerprint density at radius 2 is 1.85 bits per heavy atom. The standard InChI is InChI=1S/C25H21ClN4O3S/c1-2-33-20-13-7-17(8-14-20)15-27-29-23(31)16-34-25-28-22-6-4-3-5-21(22)24(32)30(25)19-11-9-18(26)10-12-19/h3-15H,2,16H2,1H3,(H,29,31). The quantitative estimate of drug-likeness (QED) is 0.167. The van der Waals surface area contributed by atoms with Crippen molar-refractivity contribution in [2.45, 2.75) is 12.1 Å². The number of aromatic nitrogens is 2. The van der Waals surface area contributed by atoms with Crippen LogP contribution in [0.25, 0.3) is 16.6 Å². The van der Waals surface area contributed by atoms with E-state index in [9.17, 15) is 9.59 Å². The number of hydrogen-bond acceptors (Lipinski definition) is 6. The van der Waals surface area contributed by atoms with Crippen LogP contribution in [0.3, 0.4) is 0 Å². The van der Waals surface area contributed by atoms with Crippen LogP contribution in [0, 0.1) is 0 Å². The number of fused-ring (bicyclic) bond motifs is 1. The molecule has 0 aliphatic rings. The molecule has 1 heterocycles. The van der Waals surface area contributed by atoms with Gasteiger partial charge in [0.2, 0.25) is 0 Å². The average Bonchev–Trinajstić information content (AvgIpc) is 2.85. The number of halogens is 1. The van der Waals surface area contributed by atoms with Gasteiger partial charge in [-0.1, -0.05) is 35.5 Å². The summed E-state index contributed by atoms with van der Waals surface area (Å²) in [5.41, 5.74) is 4.29. The molecule has 0 saturated carbocycles. The fourth-order valence-electron chi connectivity index (χ4n) is 3.18. The van der Waals surface area contributed by atoms with Crippen LogP contribution in [0.4, 0.5) is 0 Å². The molecular weight excluding hydrogens is 472 g/mol. The second kappa shape index (κ2) is 11.0. The number of thioether (sulfide) groups is 1. The van der Waals surface area contributed by atoms with E-state index < -0.39 is 0 Å². The van der Waals surface area contributed by atoms with Crippen molar-refractivity contribution in [2.24, 2.45) is 5.10 Å². The number of para-hydroxylation sites is 1. The van der Waals surface area contributed by atoms with Crippen molar-refractivity contribution in [1.29, 1.82) is 0 Å². The van der Waals surface area contributed by atoms with Crippen molar-refractivity contribution >= 4 is 46.4 Å². The number of ether oxygens (including phenoxy) is 1. The molecule has 4 aromatic rings. The van der Waals surface area contributed by atoms with Gasteiger partial charge in [-0.25, -0.2) is 10.4 Å². The lowest BCUT2D eigenvalue weighted by molar-refractivity contribution is -0.118. The highest BCUT2D eigenvalue weighted by Crippen LogP contribution is 2.22. The number of hydrogen-bond donors (Lipinski definition) is 1. The van der Waals surface area contributed by atoms with Crippen molar-refractivity contribution in [3.8, 4) is 11.4 Å². The first-order chi connectivity index (χ1) is 16.5. The highest BCUT2D eigenvalue weighted by Gasteiger charge is 2.14. The number of nitrogens with one attached hydrogen (secondary N) is 1. The van der Waals surface area contributed by atoms with Crippen LogP contribution in [0.1, 0.15) is 12.5 Å². The molecule has 0 aliphatic carbocycles. The Morgan fingerprint density at radius 1 is 1.12 bits per heavy atom. The number of carbonyl (C=O) groups excluding carboxylic acids is 1. The first-order valence-corrected chi connectivity index (χ1v) is 11.9. The number of hydrazone groups is 1. The fourth-order valence-corrected chi connectivity index (χ4v) is 4.12. The predicted octanol–water partition coefficient (Wildman–Crippen LogP) is 4.68. The predicted molar refractivity (Wildman–Crippen MR) is 136 cm³/mol. The smallest absolute Gasteiger partial charge is 0.266 e. The molecule has 0 bridgehead atoms. The number of benzene rings is 3. The Bertz CT molecular complexity index is 1390. The molecule has 0 spiro atoms. The minimum absolute atomic E-state index is 0.0268. The molecule has 34 heavy (non-hydrogen) atoms. The topological polar surface area (TPSA) is 85.6 Å². The Labute approximate surface area is 205 Å². The molecule has 1 aromatic heterocycles. The number of rotatable bonds is 8. The molecule has 0 unspecified atom stereocenters. The van der Waals surface area contributed by atoms with Gasteiger partial charge in [-0.15, -0.1) is 0 Å². The second-order valence-electron chi connectivity index (χ2n) is 7.11. The summed E-state index contributed by atoms with van der Waals surface area (Å²) >= 11 is 7.16. The second-order valence-corrected chi connectivity index (χ2v) is 8.49. The molecular formula is C25H21ClN4O3S. The summed E-state index contributed by atoms with van der Waals surface area (Å²) < 4.78 is 6.89. The first kappa shape index (κ1) is 23.5. The monoisotopic (exact) mass is 492 g/mol. The molecule has 3 aromatic carbocycles. The van der Waals surface area contributed by atoms with Crippen LogP contribution in [0.5, 0.6) is 5.75 Å². The Kier molecular flexibility index (Phi) is 7.61. The zero-order chi connectivity index (χ0) is 23.9. The van der Waals surface area contributed by atoms with Gasteiger partial charge < -0.3 is 4.74 Å². The largest absolute Gasteiger partial charge is 0.494 e. The summed E-state index contributed by atoms with van der Waals surface area (Å²) in [7, 11) is 0. The Hall–Kier alpha value is -3.62. The van der Waals surface area contributed by atoms with Gasteiger partial charge in [-0.3, -0.25) is 14.2 Å². The van der Waals surface area contributed by atoms with Crippen molar-refractivity contribution in [1.82, 2.24) is 15.0 Å². The summed E-state index contributed by atoms with van der Waals surface area (Å²) in [6.07, 6.45) is 1.55. The third-order valence-corrected chi connectivity index (χ3v) is 5.95. The minimum Gasteiger partial charge on any atom is -0.494 e. The summed E-state index contributed by atoms with van der Waals surface area (Å²) in [5.74, 6) is 0.478. The van der Waals surface area contributed by atoms with Crippen molar-refractivity contribution in [3.05, 3.63) is 93.7 Å². The van der Waals surface area contributed by atoms with E-state index in [4.69, 9.17) is 16.3 Å². The molecule has 7 nitrogen and oxygen atoms in total. The van der Waals surface area contributed by atoms with Gasteiger partial charge in [-0.2, -0.15) is 5.10 Å². The van der Waals surface area contributed by atoms with Crippen LogP contribution in [-0.4, -0.2) is 34.0 Å². The zero-order valence-electron chi connectivity index (χ0n) is 18.3. The minimum atomic E-state index is -0.322. The number of nitrogens with zero attached hydrogens (tertiary/aromatic N) is 3. The van der Waals surface area contributed by atoms with Crippen LogP contribution in [0.15, 0.2) is 87.8 Å². The van der Waals surface area contributed by atoms with Gasteiger partial charge in [0.15, 0.2) is 5.16 Å². The molecule has 0 atom stereocenters. The molecule has 0 aliphatic heterocycles. The fraction of sp³-hybridized carbons (Fsp3) is 0.120. The van der Waals surface area contributed by atoms with E-state index in [0.29, 0.717) is 33.4 Å². The molecule has 9 heteroatoms. The van der Waals surface area contributed by atoms with Crippen LogP contribution in [-0.2, 0) is 4.79 Å². The van der Waals surface area contributed by atoms with Crippen molar-refractivity contribution in [3.63, 3.8) is 0 Å². The zero-order valence-corrected chi connectivity index (χ0v) is 19.8. The van der Waals surface area contributed by atoms with Gasteiger partial charge in [0.25, 0.3) is 11.5 Å². The Morgan fingerprint density at radius 3 is 2.59 bits per heavy atom.